The van der Waals surface area contributed by atoms with Gasteiger partial charge in [0, 0.05) is 19.3 Å². The maximum Gasteiger partial charge on any atom is 0.324 e. The summed E-state index contributed by atoms with van der Waals surface area (Å²) in [6.45, 7) is 3.20. The van der Waals surface area contributed by atoms with Gasteiger partial charge in [-0.3, -0.25) is 10.1 Å². The van der Waals surface area contributed by atoms with Crippen LogP contribution in [0.15, 0.2) is 0 Å². The van der Waals surface area contributed by atoms with Gasteiger partial charge in [0.2, 0.25) is 0 Å². The number of carboxylic acids is 1. The lowest BCUT2D eigenvalue weighted by Crippen LogP contribution is -2.58. The highest BCUT2D eigenvalue weighted by Crippen LogP contribution is 2.34. The number of nitrogens with one attached hydrogen (secondary N) is 1. The first-order valence-corrected chi connectivity index (χ1v) is 5.73. The van der Waals surface area contributed by atoms with Crippen LogP contribution < -0.4 is 5.32 Å². The standard InChI is InChI=1S/C11H19NO3/c1-8(9-2-3-9)12-11(10(13)14)4-6-15-7-5-11/h8-9,12H,2-7H2,1H3,(H,13,14). The summed E-state index contributed by atoms with van der Waals surface area (Å²) in [6.07, 6.45) is 3.64. The van der Waals surface area contributed by atoms with Crippen LogP contribution >= 0.6 is 0 Å². The monoisotopic (exact) mass is 213 g/mol. The first-order chi connectivity index (χ1) is 7.14. The van der Waals surface area contributed by atoms with Crippen molar-refractivity contribution in [3.8, 4) is 0 Å². The van der Waals surface area contributed by atoms with Crippen LogP contribution in [0.4, 0.5) is 0 Å². The van der Waals surface area contributed by atoms with Crippen LogP contribution in [-0.2, 0) is 9.53 Å². The molecule has 4 nitrogen and oxygen atoms in total. The summed E-state index contributed by atoms with van der Waals surface area (Å²) in [5, 5.41) is 12.6. The topological polar surface area (TPSA) is 58.6 Å². The highest BCUT2D eigenvalue weighted by Gasteiger charge is 2.43. The van der Waals surface area contributed by atoms with Gasteiger partial charge >= 0.3 is 5.97 Å². The van der Waals surface area contributed by atoms with E-state index >= 15 is 0 Å². The van der Waals surface area contributed by atoms with Crippen molar-refractivity contribution in [3.05, 3.63) is 0 Å². The molecule has 0 radical (unpaired) electrons. The molecule has 1 saturated heterocycles. The molecule has 1 aliphatic carbocycles. The molecule has 0 bridgehead atoms. The van der Waals surface area contributed by atoms with Crippen molar-refractivity contribution in [2.75, 3.05) is 13.2 Å². The first-order valence-electron chi connectivity index (χ1n) is 5.73. The second-order valence-corrected chi connectivity index (χ2v) is 4.77. The second-order valence-electron chi connectivity index (χ2n) is 4.77. The van der Waals surface area contributed by atoms with Gasteiger partial charge in [0.15, 0.2) is 0 Å². The minimum Gasteiger partial charge on any atom is -0.480 e. The molecule has 0 aromatic carbocycles. The minimum atomic E-state index is -0.736. The van der Waals surface area contributed by atoms with Gasteiger partial charge in [0.1, 0.15) is 5.54 Å². The average Bonchev–Trinajstić information content (AvgIpc) is 3.02. The SMILES string of the molecule is CC(NC1(C(=O)O)CCOCC1)C1CC1. The summed E-state index contributed by atoms with van der Waals surface area (Å²) in [4.78, 5) is 11.3. The Morgan fingerprint density at radius 2 is 2.07 bits per heavy atom. The first kappa shape index (κ1) is 10.9. The van der Waals surface area contributed by atoms with E-state index in [1.165, 1.54) is 12.8 Å². The summed E-state index contributed by atoms with van der Waals surface area (Å²) in [6, 6.07) is 0.319. The quantitative estimate of drug-likeness (QED) is 0.731. The van der Waals surface area contributed by atoms with Crippen molar-refractivity contribution < 1.29 is 14.6 Å². The van der Waals surface area contributed by atoms with Crippen molar-refractivity contribution in [1.29, 1.82) is 0 Å². The normalized spacial score (nSPS) is 27.3. The van der Waals surface area contributed by atoms with E-state index in [4.69, 9.17) is 4.74 Å². The van der Waals surface area contributed by atoms with Gasteiger partial charge in [-0.1, -0.05) is 0 Å². The van der Waals surface area contributed by atoms with Crippen molar-refractivity contribution in [1.82, 2.24) is 5.32 Å². The Balaban J connectivity index is 2.00. The number of carboxylic acid groups (broad SMARTS) is 1. The molecule has 86 valence electrons. The van der Waals surface area contributed by atoms with Crippen molar-refractivity contribution in [2.45, 2.75) is 44.2 Å². The molecule has 2 fully saturated rings. The molecule has 4 heteroatoms. The molecule has 15 heavy (non-hydrogen) atoms. The molecule has 1 aliphatic heterocycles. The number of rotatable bonds is 4. The van der Waals surface area contributed by atoms with Crippen LogP contribution in [0.3, 0.4) is 0 Å². The fourth-order valence-corrected chi connectivity index (χ4v) is 2.29. The van der Waals surface area contributed by atoms with Gasteiger partial charge in [-0.05, 0) is 38.5 Å². The van der Waals surface area contributed by atoms with E-state index in [1.54, 1.807) is 0 Å². The Kier molecular flexibility index (Phi) is 2.98. The zero-order valence-electron chi connectivity index (χ0n) is 9.16. The molecule has 1 atom stereocenters. The lowest BCUT2D eigenvalue weighted by Gasteiger charge is -2.36. The molecular formula is C11H19NO3. The molecule has 2 rings (SSSR count). The number of carbonyl (C=O) groups is 1. The molecule has 0 aromatic rings. The van der Waals surface area contributed by atoms with Crippen LogP contribution in [0.25, 0.3) is 0 Å². The van der Waals surface area contributed by atoms with E-state index in [9.17, 15) is 9.90 Å². The molecular weight excluding hydrogens is 194 g/mol. The van der Waals surface area contributed by atoms with Gasteiger partial charge < -0.3 is 9.84 Å². The van der Waals surface area contributed by atoms with Gasteiger partial charge in [0.05, 0.1) is 0 Å². The lowest BCUT2D eigenvalue weighted by molar-refractivity contribution is -0.149. The smallest absolute Gasteiger partial charge is 0.324 e. The zero-order valence-corrected chi connectivity index (χ0v) is 9.16. The average molecular weight is 213 g/mol. The fourth-order valence-electron chi connectivity index (χ4n) is 2.29. The third-order valence-electron chi connectivity index (χ3n) is 3.59. The summed E-state index contributed by atoms with van der Waals surface area (Å²) in [5.74, 6) is -0.0395. The predicted octanol–water partition coefficient (Wildman–Crippen LogP) is 1.01. The van der Waals surface area contributed by atoms with Crippen LogP contribution in [0.1, 0.15) is 32.6 Å². The summed E-state index contributed by atoms with van der Waals surface area (Å²) in [7, 11) is 0. The van der Waals surface area contributed by atoms with E-state index in [0.717, 1.165) is 0 Å². The lowest BCUT2D eigenvalue weighted by atomic mass is 9.89. The third kappa shape index (κ3) is 2.32. The largest absolute Gasteiger partial charge is 0.480 e. The second kappa shape index (κ2) is 4.10. The van der Waals surface area contributed by atoms with E-state index < -0.39 is 11.5 Å². The predicted molar refractivity (Wildman–Crippen MR) is 55.7 cm³/mol. The van der Waals surface area contributed by atoms with E-state index in [1.807, 2.05) is 0 Å². The minimum absolute atomic E-state index is 0.319. The Labute approximate surface area is 90.0 Å². The van der Waals surface area contributed by atoms with Crippen molar-refractivity contribution in [2.24, 2.45) is 5.92 Å². The number of ether oxygens (including phenoxy) is 1. The molecule has 2 aliphatic rings. The van der Waals surface area contributed by atoms with Crippen LogP contribution in [0.5, 0.6) is 0 Å². The van der Waals surface area contributed by atoms with Crippen molar-refractivity contribution >= 4 is 5.97 Å². The summed E-state index contributed by atoms with van der Waals surface area (Å²) in [5.41, 5.74) is -0.736. The van der Waals surface area contributed by atoms with Gasteiger partial charge in [-0.15, -0.1) is 0 Å². The van der Waals surface area contributed by atoms with Gasteiger partial charge in [-0.25, -0.2) is 0 Å². The molecule has 1 heterocycles. The molecule has 2 N–H and O–H groups in total. The molecule has 1 unspecified atom stereocenters. The Morgan fingerprint density at radius 1 is 1.47 bits per heavy atom. The van der Waals surface area contributed by atoms with Crippen LogP contribution in [0, 0.1) is 5.92 Å². The van der Waals surface area contributed by atoms with Crippen LogP contribution in [0.2, 0.25) is 0 Å². The highest BCUT2D eigenvalue weighted by molar-refractivity contribution is 5.79. The summed E-state index contributed by atoms with van der Waals surface area (Å²) < 4.78 is 5.23. The van der Waals surface area contributed by atoms with E-state index in [-0.39, 0.29) is 0 Å². The maximum absolute atomic E-state index is 11.3. The molecule has 1 saturated carbocycles. The van der Waals surface area contributed by atoms with Gasteiger partial charge in [-0.2, -0.15) is 0 Å². The third-order valence-corrected chi connectivity index (χ3v) is 3.59. The number of hydrogen-bond acceptors (Lipinski definition) is 3. The molecule has 0 spiro atoms. The van der Waals surface area contributed by atoms with Crippen molar-refractivity contribution in [3.63, 3.8) is 0 Å². The van der Waals surface area contributed by atoms with Gasteiger partial charge in [0.25, 0.3) is 0 Å². The molecule has 0 amide bonds. The maximum atomic E-state index is 11.3. The number of hydrogen-bond donors (Lipinski definition) is 2. The highest BCUT2D eigenvalue weighted by atomic mass is 16.5. The van der Waals surface area contributed by atoms with Crippen LogP contribution in [-0.4, -0.2) is 35.9 Å². The Bertz CT molecular complexity index is 244. The summed E-state index contributed by atoms with van der Waals surface area (Å²) >= 11 is 0. The molecule has 0 aromatic heterocycles. The Morgan fingerprint density at radius 3 is 2.53 bits per heavy atom. The zero-order chi connectivity index (χ0) is 10.9. The van der Waals surface area contributed by atoms with E-state index in [2.05, 4.69) is 12.2 Å². The number of aliphatic carboxylic acids is 1. The Hall–Kier alpha value is -0.610. The van der Waals surface area contributed by atoms with E-state index in [0.29, 0.717) is 38.0 Å². The fraction of sp³-hybridized carbons (Fsp3) is 0.909.